The second kappa shape index (κ2) is 5.21. The van der Waals surface area contributed by atoms with E-state index in [1.807, 2.05) is 0 Å². The van der Waals surface area contributed by atoms with E-state index in [0.29, 0.717) is 12.0 Å². The third kappa shape index (κ3) is 2.82. The average Bonchev–Trinajstić information content (AvgIpc) is 2.96. The van der Waals surface area contributed by atoms with Crippen molar-refractivity contribution in [2.45, 2.75) is 70.1 Å². The van der Waals surface area contributed by atoms with Crippen LogP contribution in [0.25, 0.3) is 0 Å². The van der Waals surface area contributed by atoms with Gasteiger partial charge in [-0.2, -0.15) is 4.98 Å². The van der Waals surface area contributed by atoms with Crippen LogP contribution in [-0.2, 0) is 6.54 Å². The Hall–Kier alpha value is -0.940. The Balaban J connectivity index is 1.59. The number of hydrogen-bond acceptors (Lipinski definition) is 5. The van der Waals surface area contributed by atoms with Gasteiger partial charge in [-0.3, -0.25) is 4.90 Å². The second-order valence-electron chi connectivity index (χ2n) is 6.38. The Bertz CT molecular complexity index is 419. The van der Waals surface area contributed by atoms with Crippen LogP contribution >= 0.6 is 0 Å². The lowest BCUT2D eigenvalue weighted by Crippen LogP contribution is -2.46. The van der Waals surface area contributed by atoms with E-state index in [4.69, 9.17) is 4.52 Å². The molecule has 0 amide bonds. The number of rotatable bonds is 4. The van der Waals surface area contributed by atoms with Crippen molar-refractivity contribution in [1.82, 2.24) is 20.4 Å². The van der Waals surface area contributed by atoms with Gasteiger partial charge in [0.25, 0.3) is 0 Å². The molecule has 1 aromatic rings. The van der Waals surface area contributed by atoms with E-state index in [2.05, 4.69) is 41.3 Å². The molecule has 1 N–H and O–H groups in total. The highest BCUT2D eigenvalue weighted by atomic mass is 16.5. The maximum atomic E-state index is 5.27. The van der Waals surface area contributed by atoms with Crippen LogP contribution in [0.4, 0.5) is 0 Å². The van der Waals surface area contributed by atoms with Crippen molar-refractivity contribution < 1.29 is 4.52 Å². The van der Waals surface area contributed by atoms with Gasteiger partial charge in [-0.15, -0.1) is 0 Å². The predicted octanol–water partition coefficient (Wildman–Crippen LogP) is 1.91. The van der Waals surface area contributed by atoms with Gasteiger partial charge in [0.1, 0.15) is 0 Å². The minimum absolute atomic E-state index is 0.307. The molecule has 19 heavy (non-hydrogen) atoms. The zero-order valence-corrected chi connectivity index (χ0v) is 12.1. The summed E-state index contributed by atoms with van der Waals surface area (Å²) in [5, 5.41) is 7.76. The molecule has 2 aliphatic rings. The zero-order valence-electron chi connectivity index (χ0n) is 12.1. The van der Waals surface area contributed by atoms with E-state index in [0.717, 1.165) is 30.3 Å². The number of nitrogens with zero attached hydrogens (tertiary/aromatic N) is 3. The number of nitrogens with one attached hydrogen (secondary N) is 1. The number of aromatic nitrogens is 2. The topological polar surface area (TPSA) is 54.2 Å². The molecule has 0 saturated carbocycles. The van der Waals surface area contributed by atoms with E-state index < -0.39 is 0 Å². The standard InChI is InChI=1S/C14H24N4O/c1-9(2)14-16-13(17-19-14)8-18(3)12-6-10-4-5-11(7-12)15-10/h9-12,15H,4-8H2,1-3H3. The Labute approximate surface area is 114 Å². The third-order valence-electron chi connectivity index (χ3n) is 4.44. The smallest absolute Gasteiger partial charge is 0.229 e. The largest absolute Gasteiger partial charge is 0.339 e. The summed E-state index contributed by atoms with van der Waals surface area (Å²) >= 11 is 0. The Morgan fingerprint density at radius 2 is 2.00 bits per heavy atom. The van der Waals surface area contributed by atoms with Crippen LogP contribution in [0.15, 0.2) is 4.52 Å². The summed E-state index contributed by atoms with van der Waals surface area (Å²) < 4.78 is 5.27. The number of hydrogen-bond donors (Lipinski definition) is 1. The number of fused-ring (bicyclic) bond motifs is 2. The van der Waals surface area contributed by atoms with Crippen LogP contribution in [0.1, 0.15) is 57.2 Å². The fraction of sp³-hybridized carbons (Fsp3) is 0.857. The first-order valence-electron chi connectivity index (χ1n) is 7.40. The molecule has 106 valence electrons. The molecule has 2 aliphatic heterocycles. The van der Waals surface area contributed by atoms with Crippen molar-refractivity contribution >= 4 is 0 Å². The molecule has 2 fully saturated rings. The summed E-state index contributed by atoms with van der Waals surface area (Å²) in [7, 11) is 2.18. The normalized spacial score (nSPS) is 30.5. The molecule has 0 radical (unpaired) electrons. The first kappa shape index (κ1) is 13.1. The van der Waals surface area contributed by atoms with Gasteiger partial charge in [-0.25, -0.2) is 0 Å². The quantitative estimate of drug-likeness (QED) is 0.900. The SMILES string of the molecule is CC(C)c1nc(CN(C)C2CC3CCC(C2)N3)no1. The van der Waals surface area contributed by atoms with Gasteiger partial charge >= 0.3 is 0 Å². The highest BCUT2D eigenvalue weighted by Crippen LogP contribution is 2.29. The molecule has 2 atom stereocenters. The number of piperidine rings is 1. The lowest BCUT2D eigenvalue weighted by Gasteiger charge is -2.34. The molecular weight excluding hydrogens is 240 g/mol. The van der Waals surface area contributed by atoms with Gasteiger partial charge in [0, 0.05) is 24.0 Å². The van der Waals surface area contributed by atoms with Crippen LogP contribution in [0.3, 0.4) is 0 Å². The summed E-state index contributed by atoms with van der Waals surface area (Å²) in [6.07, 6.45) is 5.19. The lowest BCUT2D eigenvalue weighted by molar-refractivity contribution is 0.161. The maximum absolute atomic E-state index is 5.27. The highest BCUT2D eigenvalue weighted by molar-refractivity contribution is 4.97. The molecule has 0 aliphatic carbocycles. The van der Waals surface area contributed by atoms with Crippen molar-refractivity contribution in [3.05, 3.63) is 11.7 Å². The van der Waals surface area contributed by atoms with Crippen molar-refractivity contribution in [1.29, 1.82) is 0 Å². The summed E-state index contributed by atoms with van der Waals surface area (Å²) in [6, 6.07) is 2.10. The van der Waals surface area contributed by atoms with Crippen molar-refractivity contribution in [3.63, 3.8) is 0 Å². The molecule has 5 heteroatoms. The van der Waals surface area contributed by atoms with Gasteiger partial charge in [0.15, 0.2) is 5.82 Å². The second-order valence-corrected chi connectivity index (χ2v) is 6.38. The summed E-state index contributed by atoms with van der Waals surface area (Å²) in [5.41, 5.74) is 0. The van der Waals surface area contributed by atoms with Crippen molar-refractivity contribution in [3.8, 4) is 0 Å². The molecule has 0 spiro atoms. The molecule has 2 unspecified atom stereocenters. The summed E-state index contributed by atoms with van der Waals surface area (Å²) in [4.78, 5) is 6.85. The van der Waals surface area contributed by atoms with E-state index in [-0.39, 0.29) is 0 Å². The maximum Gasteiger partial charge on any atom is 0.229 e. The average molecular weight is 264 g/mol. The van der Waals surface area contributed by atoms with Crippen molar-refractivity contribution in [2.24, 2.45) is 0 Å². The lowest BCUT2D eigenvalue weighted by atomic mass is 9.98. The Kier molecular flexibility index (Phi) is 3.58. The molecular formula is C14H24N4O. The monoisotopic (exact) mass is 264 g/mol. The Morgan fingerprint density at radius 1 is 1.32 bits per heavy atom. The van der Waals surface area contributed by atoms with Crippen LogP contribution in [-0.4, -0.2) is 40.2 Å². The predicted molar refractivity (Wildman–Crippen MR) is 72.8 cm³/mol. The minimum Gasteiger partial charge on any atom is -0.339 e. The molecule has 1 aromatic heterocycles. The van der Waals surface area contributed by atoms with Gasteiger partial charge in [0.05, 0.1) is 6.54 Å². The van der Waals surface area contributed by atoms with Gasteiger partial charge in [0.2, 0.25) is 5.89 Å². The van der Waals surface area contributed by atoms with Crippen LogP contribution in [0.2, 0.25) is 0 Å². The fourth-order valence-electron chi connectivity index (χ4n) is 3.31. The summed E-state index contributed by atoms with van der Waals surface area (Å²) in [5.74, 6) is 1.87. The fourth-order valence-corrected chi connectivity index (χ4v) is 3.31. The minimum atomic E-state index is 0.307. The molecule has 2 saturated heterocycles. The van der Waals surface area contributed by atoms with Crippen LogP contribution < -0.4 is 5.32 Å². The molecule has 3 rings (SSSR count). The molecule has 5 nitrogen and oxygen atoms in total. The van der Waals surface area contributed by atoms with Crippen molar-refractivity contribution in [2.75, 3.05) is 7.05 Å². The molecule has 2 bridgehead atoms. The van der Waals surface area contributed by atoms with Crippen LogP contribution in [0, 0.1) is 0 Å². The van der Waals surface area contributed by atoms with Gasteiger partial charge < -0.3 is 9.84 Å². The van der Waals surface area contributed by atoms with Gasteiger partial charge in [-0.1, -0.05) is 19.0 Å². The highest BCUT2D eigenvalue weighted by Gasteiger charge is 2.35. The molecule has 3 heterocycles. The zero-order chi connectivity index (χ0) is 13.4. The van der Waals surface area contributed by atoms with Crippen LogP contribution in [0.5, 0.6) is 0 Å². The molecule has 0 aromatic carbocycles. The van der Waals surface area contributed by atoms with E-state index in [1.54, 1.807) is 0 Å². The third-order valence-corrected chi connectivity index (χ3v) is 4.44. The van der Waals surface area contributed by atoms with E-state index >= 15 is 0 Å². The first-order valence-corrected chi connectivity index (χ1v) is 7.40. The summed E-state index contributed by atoms with van der Waals surface area (Å²) in [6.45, 7) is 4.94. The van der Waals surface area contributed by atoms with Gasteiger partial charge in [-0.05, 0) is 32.7 Å². The van der Waals surface area contributed by atoms with E-state index in [1.165, 1.54) is 25.7 Å². The Morgan fingerprint density at radius 3 is 2.58 bits per heavy atom. The van der Waals surface area contributed by atoms with E-state index in [9.17, 15) is 0 Å². The first-order chi connectivity index (χ1) is 9.11.